The van der Waals surface area contributed by atoms with Crippen molar-refractivity contribution in [3.8, 4) is 28.4 Å². The van der Waals surface area contributed by atoms with Crippen molar-refractivity contribution in [1.82, 2.24) is 0 Å². The number of methoxy groups -OCH3 is 2. The van der Waals surface area contributed by atoms with Gasteiger partial charge in [-0.1, -0.05) is 36.4 Å². The lowest BCUT2D eigenvalue weighted by Crippen LogP contribution is -2.06. The normalized spacial score (nSPS) is 10.4. The number of nitrogens with one attached hydrogen (secondary N) is 1. The molecule has 0 aromatic heterocycles. The molecule has 0 aliphatic carbocycles. The van der Waals surface area contributed by atoms with E-state index in [1.807, 2.05) is 48.5 Å². The van der Waals surface area contributed by atoms with Crippen molar-refractivity contribution in [2.24, 2.45) is 0 Å². The number of nitrogens with zero attached hydrogens (tertiary/aromatic N) is 1. The van der Waals surface area contributed by atoms with Crippen LogP contribution in [0.3, 0.4) is 0 Å². The van der Waals surface area contributed by atoms with Crippen LogP contribution in [0.1, 0.15) is 5.56 Å². The van der Waals surface area contributed by atoms with Crippen LogP contribution < -0.4 is 19.9 Å². The van der Waals surface area contributed by atoms with Crippen molar-refractivity contribution in [1.29, 1.82) is 0 Å². The van der Waals surface area contributed by atoms with Crippen LogP contribution in [0, 0.1) is 10.1 Å². The molecule has 0 saturated carbocycles. The molecule has 3 aromatic carbocycles. The van der Waals surface area contributed by atoms with E-state index in [2.05, 4.69) is 5.32 Å². The molecule has 0 unspecified atom stereocenters. The second-order valence-corrected chi connectivity index (χ2v) is 6.04. The molecule has 0 amide bonds. The van der Waals surface area contributed by atoms with Crippen LogP contribution in [-0.4, -0.2) is 19.1 Å². The minimum atomic E-state index is -0.736. The lowest BCUT2D eigenvalue weighted by molar-refractivity contribution is -0.398. The van der Waals surface area contributed by atoms with Crippen molar-refractivity contribution in [2.75, 3.05) is 19.5 Å². The van der Waals surface area contributed by atoms with Gasteiger partial charge >= 0.3 is 0 Å². The van der Waals surface area contributed by atoms with Crippen LogP contribution in [0.2, 0.25) is 0 Å². The molecule has 0 aliphatic rings. The van der Waals surface area contributed by atoms with Crippen LogP contribution in [0.15, 0.2) is 60.7 Å². The Hall–Kier alpha value is -3.74. The molecule has 0 heterocycles. The van der Waals surface area contributed by atoms with Gasteiger partial charge in [0.25, 0.3) is 5.69 Å². The minimum absolute atomic E-state index is 0.0593. The Bertz CT molecular complexity index is 990. The highest BCUT2D eigenvalue weighted by Crippen LogP contribution is 2.35. The monoisotopic (exact) mass is 379 g/mol. The maximum absolute atomic E-state index is 12.0. The molecule has 144 valence electrons. The summed E-state index contributed by atoms with van der Waals surface area (Å²) in [6.07, 6.45) is 0. The van der Waals surface area contributed by atoms with Gasteiger partial charge in [0.2, 0.25) is 0 Å². The van der Waals surface area contributed by atoms with Gasteiger partial charge in [0.15, 0.2) is 0 Å². The molecule has 3 rings (SSSR count). The Labute approximate surface area is 162 Å². The summed E-state index contributed by atoms with van der Waals surface area (Å²) in [5, 5.41) is 26.3. The van der Waals surface area contributed by atoms with Crippen molar-refractivity contribution < 1.29 is 19.5 Å². The number of nitro groups is 1. The molecule has 0 bridgehead atoms. The number of hydrogen-bond acceptors (Lipinski definition) is 6. The van der Waals surface area contributed by atoms with E-state index in [0.717, 1.165) is 16.8 Å². The smallest absolute Gasteiger partial charge is 0.265 e. The van der Waals surface area contributed by atoms with Gasteiger partial charge in [-0.15, -0.1) is 0 Å². The Kier molecular flexibility index (Phi) is 5.64. The number of anilines is 1. The van der Waals surface area contributed by atoms with E-state index in [1.165, 1.54) is 19.2 Å². The highest BCUT2D eigenvalue weighted by Gasteiger charge is 2.14. The van der Waals surface area contributed by atoms with Gasteiger partial charge in [0.05, 0.1) is 24.8 Å². The molecule has 7 heteroatoms. The molecule has 7 nitrogen and oxygen atoms in total. The summed E-state index contributed by atoms with van der Waals surface area (Å²) in [6, 6.07) is 18.4. The SMILES string of the molecule is COc1ccc(-c2ccccc2)cc1NCc1cc(OC)c([O-])c([N+](=O)[O-])c1. The zero-order valence-electron chi connectivity index (χ0n) is 15.5. The third kappa shape index (κ3) is 3.98. The first-order chi connectivity index (χ1) is 13.5. The highest BCUT2D eigenvalue weighted by atomic mass is 16.6. The van der Waals surface area contributed by atoms with E-state index in [0.29, 0.717) is 11.3 Å². The lowest BCUT2D eigenvalue weighted by atomic mass is 10.0. The van der Waals surface area contributed by atoms with E-state index in [1.54, 1.807) is 7.11 Å². The summed E-state index contributed by atoms with van der Waals surface area (Å²) in [4.78, 5) is 10.4. The number of benzene rings is 3. The fraction of sp³-hybridized carbons (Fsp3) is 0.143. The van der Waals surface area contributed by atoms with E-state index < -0.39 is 16.4 Å². The van der Waals surface area contributed by atoms with Crippen molar-refractivity contribution in [3.05, 3.63) is 76.3 Å². The molecule has 0 spiro atoms. The summed E-state index contributed by atoms with van der Waals surface area (Å²) < 4.78 is 10.4. The highest BCUT2D eigenvalue weighted by molar-refractivity contribution is 5.72. The third-order valence-electron chi connectivity index (χ3n) is 4.30. The average Bonchev–Trinajstić information content (AvgIpc) is 2.73. The van der Waals surface area contributed by atoms with Gasteiger partial charge in [-0.25, -0.2) is 0 Å². The summed E-state index contributed by atoms with van der Waals surface area (Å²) in [6.45, 7) is 0.256. The van der Waals surface area contributed by atoms with Crippen LogP contribution in [-0.2, 0) is 6.54 Å². The number of nitro benzene ring substituents is 1. The second kappa shape index (κ2) is 8.30. The average molecular weight is 379 g/mol. The zero-order chi connectivity index (χ0) is 20.1. The van der Waals surface area contributed by atoms with Crippen LogP contribution in [0.25, 0.3) is 11.1 Å². The quantitative estimate of drug-likeness (QED) is 0.493. The molecule has 0 radical (unpaired) electrons. The number of rotatable bonds is 7. The topological polar surface area (TPSA) is 96.7 Å². The summed E-state index contributed by atoms with van der Waals surface area (Å²) in [5.41, 5.74) is 2.83. The molecular formula is C21H19N2O5-. The Balaban J connectivity index is 1.90. The summed E-state index contributed by atoms with van der Waals surface area (Å²) >= 11 is 0. The van der Waals surface area contributed by atoms with Crippen molar-refractivity contribution >= 4 is 11.4 Å². The van der Waals surface area contributed by atoms with Crippen molar-refractivity contribution in [2.45, 2.75) is 6.54 Å². The van der Waals surface area contributed by atoms with E-state index in [-0.39, 0.29) is 12.3 Å². The van der Waals surface area contributed by atoms with E-state index in [9.17, 15) is 15.2 Å². The molecule has 28 heavy (non-hydrogen) atoms. The molecule has 0 fully saturated rings. The van der Waals surface area contributed by atoms with Gasteiger partial charge in [-0.3, -0.25) is 10.1 Å². The number of hydrogen-bond donors (Lipinski definition) is 1. The third-order valence-corrected chi connectivity index (χ3v) is 4.30. The molecule has 0 atom stereocenters. The zero-order valence-corrected chi connectivity index (χ0v) is 15.5. The van der Waals surface area contributed by atoms with Gasteiger partial charge in [-0.2, -0.15) is 0 Å². The lowest BCUT2D eigenvalue weighted by Gasteiger charge is -2.16. The Morgan fingerprint density at radius 3 is 2.29 bits per heavy atom. The fourth-order valence-electron chi connectivity index (χ4n) is 2.89. The summed E-state index contributed by atoms with van der Waals surface area (Å²) in [5.74, 6) is -0.155. The van der Waals surface area contributed by atoms with Gasteiger partial charge in [-0.05, 0) is 34.9 Å². The predicted octanol–water partition coefficient (Wildman–Crippen LogP) is 3.96. The van der Waals surface area contributed by atoms with Crippen LogP contribution in [0.5, 0.6) is 17.2 Å². The maximum Gasteiger partial charge on any atom is 0.265 e. The summed E-state index contributed by atoms with van der Waals surface area (Å²) in [7, 11) is 2.88. The van der Waals surface area contributed by atoms with Gasteiger partial charge in [0.1, 0.15) is 11.5 Å². The van der Waals surface area contributed by atoms with Crippen LogP contribution >= 0.6 is 0 Å². The standard InChI is InChI=1S/C21H20N2O5/c1-27-19-9-8-16(15-6-4-3-5-7-15)12-17(19)22-13-14-10-18(23(25)26)21(24)20(11-14)28-2/h3-12,22,24H,13H2,1-2H3/p-1. The van der Waals surface area contributed by atoms with Gasteiger partial charge < -0.3 is 19.9 Å². The van der Waals surface area contributed by atoms with Crippen molar-refractivity contribution in [3.63, 3.8) is 0 Å². The van der Waals surface area contributed by atoms with E-state index in [4.69, 9.17) is 9.47 Å². The Morgan fingerprint density at radius 1 is 0.929 bits per heavy atom. The largest absolute Gasteiger partial charge is 0.865 e. The minimum Gasteiger partial charge on any atom is -0.865 e. The predicted molar refractivity (Wildman–Crippen MR) is 105 cm³/mol. The molecule has 0 saturated heterocycles. The molecule has 1 N–H and O–H groups in total. The molecule has 0 aliphatic heterocycles. The first-order valence-electron chi connectivity index (χ1n) is 8.53. The van der Waals surface area contributed by atoms with Crippen LogP contribution in [0.4, 0.5) is 11.4 Å². The van der Waals surface area contributed by atoms with Gasteiger partial charge in [0, 0.05) is 18.4 Å². The second-order valence-electron chi connectivity index (χ2n) is 6.04. The van der Waals surface area contributed by atoms with E-state index >= 15 is 0 Å². The number of ether oxygens (including phenoxy) is 2. The first-order valence-corrected chi connectivity index (χ1v) is 8.53. The molecular weight excluding hydrogens is 360 g/mol. The Morgan fingerprint density at radius 2 is 1.64 bits per heavy atom. The maximum atomic E-state index is 12.0. The first kappa shape index (κ1) is 19.0. The fourth-order valence-corrected chi connectivity index (χ4v) is 2.89. The molecule has 3 aromatic rings.